The van der Waals surface area contributed by atoms with Crippen molar-refractivity contribution in [1.29, 1.82) is 0 Å². The minimum atomic E-state index is 0.0360. The van der Waals surface area contributed by atoms with E-state index in [0.29, 0.717) is 18.4 Å². The second-order valence-corrected chi connectivity index (χ2v) is 9.33. The third-order valence-corrected chi connectivity index (χ3v) is 7.33. The van der Waals surface area contributed by atoms with Crippen molar-refractivity contribution in [2.45, 2.75) is 50.6 Å². The predicted octanol–water partition coefficient (Wildman–Crippen LogP) is 3.32. The molecule has 158 valence electrons. The van der Waals surface area contributed by atoms with Crippen molar-refractivity contribution in [3.8, 4) is 0 Å². The third kappa shape index (κ3) is 3.83. The number of rotatable bonds is 5. The molecule has 1 saturated heterocycles. The molecule has 1 aromatic heterocycles. The van der Waals surface area contributed by atoms with Crippen LogP contribution in [-0.4, -0.2) is 35.0 Å². The molecule has 3 atom stereocenters. The van der Waals surface area contributed by atoms with E-state index >= 15 is 0 Å². The molecule has 1 amide bonds. The van der Waals surface area contributed by atoms with Crippen LogP contribution in [0.4, 0.5) is 0 Å². The highest BCUT2D eigenvalue weighted by molar-refractivity contribution is 5.78. The molecule has 1 aliphatic carbocycles. The SMILES string of the molecule is O=C(NC[C@H]1[C@H]2C[C@H](CN(Cc3ccccc3)C2)c2cccc(=O)n21)C1CCCC1. The van der Waals surface area contributed by atoms with Crippen LogP contribution in [0.2, 0.25) is 0 Å². The first-order chi connectivity index (χ1) is 14.7. The van der Waals surface area contributed by atoms with Crippen molar-refractivity contribution in [3.05, 3.63) is 70.1 Å². The summed E-state index contributed by atoms with van der Waals surface area (Å²) in [6, 6.07) is 16.3. The van der Waals surface area contributed by atoms with Crippen LogP contribution in [0, 0.1) is 11.8 Å². The Morgan fingerprint density at radius 2 is 1.80 bits per heavy atom. The smallest absolute Gasteiger partial charge is 0.251 e. The quantitative estimate of drug-likeness (QED) is 0.830. The molecule has 3 aliphatic rings. The Hall–Kier alpha value is -2.40. The fourth-order valence-electron chi connectivity index (χ4n) is 5.91. The summed E-state index contributed by atoms with van der Waals surface area (Å²) in [6.07, 6.45) is 5.41. The molecule has 0 unspecified atom stereocenters. The Labute approximate surface area is 178 Å². The van der Waals surface area contributed by atoms with Gasteiger partial charge in [-0.05, 0) is 36.8 Å². The van der Waals surface area contributed by atoms with Crippen LogP contribution in [0.5, 0.6) is 0 Å². The molecule has 2 fully saturated rings. The molecule has 5 rings (SSSR count). The van der Waals surface area contributed by atoms with E-state index in [1.54, 1.807) is 6.07 Å². The van der Waals surface area contributed by atoms with Crippen LogP contribution in [0.1, 0.15) is 55.3 Å². The third-order valence-electron chi connectivity index (χ3n) is 7.33. The highest BCUT2D eigenvalue weighted by Gasteiger charge is 2.40. The number of benzene rings is 1. The minimum absolute atomic E-state index is 0.0360. The van der Waals surface area contributed by atoms with Gasteiger partial charge in [0.05, 0.1) is 6.04 Å². The number of amides is 1. The predicted molar refractivity (Wildman–Crippen MR) is 117 cm³/mol. The summed E-state index contributed by atoms with van der Waals surface area (Å²) < 4.78 is 1.99. The monoisotopic (exact) mass is 405 g/mol. The van der Waals surface area contributed by atoms with Crippen LogP contribution in [-0.2, 0) is 11.3 Å². The molecule has 3 heterocycles. The molecule has 5 heteroatoms. The summed E-state index contributed by atoms with van der Waals surface area (Å²) in [5.41, 5.74) is 2.53. The van der Waals surface area contributed by atoms with Crippen LogP contribution in [0.25, 0.3) is 0 Å². The molecule has 1 saturated carbocycles. The number of hydrogen-bond acceptors (Lipinski definition) is 3. The number of piperidine rings is 1. The number of fused-ring (bicyclic) bond motifs is 4. The first kappa shape index (κ1) is 19.6. The van der Waals surface area contributed by atoms with Gasteiger partial charge in [0.15, 0.2) is 0 Å². The largest absolute Gasteiger partial charge is 0.354 e. The lowest BCUT2D eigenvalue weighted by atomic mass is 9.78. The fourth-order valence-corrected chi connectivity index (χ4v) is 5.91. The normalized spacial score (nSPS) is 26.3. The molecule has 2 aliphatic heterocycles. The van der Waals surface area contributed by atoms with Gasteiger partial charge in [0.25, 0.3) is 5.56 Å². The standard InChI is InChI=1S/C25H31N3O2/c29-24-12-6-11-22-20-13-21(17-27(16-20)15-18-7-2-1-3-8-18)23(28(22)24)14-26-25(30)19-9-4-5-10-19/h1-3,6-8,11-12,19-21,23H,4-5,9-10,13-17H2,(H,26,30)/t20-,21+,23+/m1/s1. The van der Waals surface area contributed by atoms with Gasteiger partial charge in [-0.1, -0.05) is 49.2 Å². The molecular formula is C25H31N3O2. The molecule has 2 bridgehead atoms. The van der Waals surface area contributed by atoms with Gasteiger partial charge in [-0.2, -0.15) is 0 Å². The van der Waals surface area contributed by atoms with Crippen molar-refractivity contribution in [2.24, 2.45) is 11.8 Å². The van der Waals surface area contributed by atoms with Gasteiger partial charge in [-0.25, -0.2) is 0 Å². The average molecular weight is 406 g/mol. The molecule has 5 nitrogen and oxygen atoms in total. The highest BCUT2D eigenvalue weighted by Crippen LogP contribution is 2.41. The maximum absolute atomic E-state index is 12.8. The van der Waals surface area contributed by atoms with E-state index in [9.17, 15) is 9.59 Å². The van der Waals surface area contributed by atoms with Crippen molar-refractivity contribution < 1.29 is 4.79 Å². The van der Waals surface area contributed by atoms with Crippen molar-refractivity contribution >= 4 is 5.91 Å². The van der Waals surface area contributed by atoms with Crippen molar-refractivity contribution in [1.82, 2.24) is 14.8 Å². The van der Waals surface area contributed by atoms with E-state index in [-0.39, 0.29) is 23.4 Å². The molecule has 0 radical (unpaired) electrons. The fraction of sp³-hybridized carbons (Fsp3) is 0.520. The summed E-state index contributed by atoms with van der Waals surface area (Å²) >= 11 is 0. The van der Waals surface area contributed by atoms with Crippen LogP contribution < -0.4 is 10.9 Å². The van der Waals surface area contributed by atoms with E-state index in [0.717, 1.165) is 57.4 Å². The zero-order chi connectivity index (χ0) is 20.5. The van der Waals surface area contributed by atoms with Gasteiger partial charge in [0.1, 0.15) is 0 Å². The molecular weight excluding hydrogens is 374 g/mol. The van der Waals surface area contributed by atoms with E-state index in [1.165, 1.54) is 5.56 Å². The van der Waals surface area contributed by atoms with Gasteiger partial charge in [0, 0.05) is 49.8 Å². The van der Waals surface area contributed by atoms with Gasteiger partial charge in [0.2, 0.25) is 5.91 Å². The molecule has 2 aromatic rings. The second kappa shape index (κ2) is 8.38. The van der Waals surface area contributed by atoms with Crippen LogP contribution >= 0.6 is 0 Å². The first-order valence-corrected chi connectivity index (χ1v) is 11.4. The Balaban J connectivity index is 1.37. The average Bonchev–Trinajstić information content (AvgIpc) is 3.30. The zero-order valence-corrected chi connectivity index (χ0v) is 17.5. The summed E-state index contributed by atoms with van der Waals surface area (Å²) in [5.74, 6) is 1.10. The second-order valence-electron chi connectivity index (χ2n) is 9.33. The summed E-state index contributed by atoms with van der Waals surface area (Å²) in [5, 5.41) is 3.21. The number of nitrogens with one attached hydrogen (secondary N) is 1. The number of nitrogens with zero attached hydrogens (tertiary/aromatic N) is 2. The van der Waals surface area contributed by atoms with Crippen LogP contribution in [0.3, 0.4) is 0 Å². The van der Waals surface area contributed by atoms with Crippen molar-refractivity contribution in [3.63, 3.8) is 0 Å². The summed E-state index contributed by atoms with van der Waals surface area (Å²) in [4.78, 5) is 28.0. The Morgan fingerprint density at radius 1 is 1.00 bits per heavy atom. The lowest BCUT2D eigenvalue weighted by Crippen LogP contribution is -2.52. The van der Waals surface area contributed by atoms with Gasteiger partial charge >= 0.3 is 0 Å². The number of carbonyl (C=O) groups excluding carboxylic acids is 1. The van der Waals surface area contributed by atoms with Crippen molar-refractivity contribution in [2.75, 3.05) is 19.6 Å². The lowest BCUT2D eigenvalue weighted by molar-refractivity contribution is -0.125. The summed E-state index contributed by atoms with van der Waals surface area (Å²) in [7, 11) is 0. The minimum Gasteiger partial charge on any atom is -0.354 e. The Bertz CT molecular complexity index is 948. The lowest BCUT2D eigenvalue weighted by Gasteiger charge is -2.47. The van der Waals surface area contributed by atoms with Gasteiger partial charge in [-0.3, -0.25) is 14.5 Å². The molecule has 0 spiro atoms. The van der Waals surface area contributed by atoms with E-state index in [1.807, 2.05) is 10.6 Å². The van der Waals surface area contributed by atoms with E-state index in [4.69, 9.17) is 0 Å². The molecule has 30 heavy (non-hydrogen) atoms. The number of likely N-dealkylation sites (tertiary alicyclic amines) is 1. The molecule has 1 N–H and O–H groups in total. The first-order valence-electron chi connectivity index (χ1n) is 11.4. The number of aromatic nitrogens is 1. The topological polar surface area (TPSA) is 54.3 Å². The number of carbonyl (C=O) groups is 1. The summed E-state index contributed by atoms with van der Waals surface area (Å²) in [6.45, 7) is 3.45. The van der Waals surface area contributed by atoms with E-state index in [2.05, 4.69) is 46.6 Å². The maximum atomic E-state index is 12.8. The number of pyridine rings is 1. The Kier molecular flexibility index (Phi) is 5.47. The van der Waals surface area contributed by atoms with Gasteiger partial charge in [-0.15, -0.1) is 0 Å². The zero-order valence-electron chi connectivity index (χ0n) is 17.5. The maximum Gasteiger partial charge on any atom is 0.251 e. The van der Waals surface area contributed by atoms with Crippen LogP contribution in [0.15, 0.2) is 53.3 Å². The number of hydrogen-bond donors (Lipinski definition) is 1. The van der Waals surface area contributed by atoms with Gasteiger partial charge < -0.3 is 9.88 Å². The highest BCUT2D eigenvalue weighted by atomic mass is 16.2. The Morgan fingerprint density at radius 3 is 2.60 bits per heavy atom. The molecule has 1 aromatic carbocycles. The van der Waals surface area contributed by atoms with E-state index < -0.39 is 0 Å².